The van der Waals surface area contributed by atoms with Crippen LogP contribution in [0.4, 0.5) is 0 Å². The molecule has 3 aliphatic rings. The fourth-order valence-corrected chi connectivity index (χ4v) is 3.99. The van der Waals surface area contributed by atoms with E-state index in [0.29, 0.717) is 11.8 Å². The van der Waals surface area contributed by atoms with E-state index in [1.54, 1.807) is 11.8 Å². The molecule has 4 nitrogen and oxygen atoms in total. The molecule has 0 radical (unpaired) electrons. The Morgan fingerprint density at radius 2 is 1.89 bits per heavy atom. The van der Waals surface area contributed by atoms with Gasteiger partial charge in [0.2, 0.25) is 11.8 Å². The minimum absolute atomic E-state index is 0.0598. The first-order valence-corrected chi connectivity index (χ1v) is 8.57. The zero-order chi connectivity index (χ0) is 13.2. The molecular formula is C14H22N2O2S. The SMILES string of the molecule is O=C(NCC1CCC1)[C@@H]1CSCN1C(=O)C1CCC1. The molecule has 0 aromatic carbocycles. The fourth-order valence-electron chi connectivity index (χ4n) is 2.83. The van der Waals surface area contributed by atoms with Gasteiger partial charge >= 0.3 is 0 Å². The summed E-state index contributed by atoms with van der Waals surface area (Å²) in [5, 5.41) is 3.04. The van der Waals surface area contributed by atoms with Crippen molar-refractivity contribution >= 4 is 23.6 Å². The summed E-state index contributed by atoms with van der Waals surface area (Å²) in [6, 6.07) is -0.224. The number of carbonyl (C=O) groups excluding carboxylic acids is 2. The van der Waals surface area contributed by atoms with Crippen LogP contribution >= 0.6 is 11.8 Å². The summed E-state index contributed by atoms with van der Waals surface area (Å²) >= 11 is 1.70. The summed E-state index contributed by atoms with van der Waals surface area (Å²) in [6.45, 7) is 0.797. The molecule has 2 saturated carbocycles. The molecule has 19 heavy (non-hydrogen) atoms. The molecule has 0 aromatic rings. The molecule has 106 valence electrons. The molecule has 1 N–H and O–H groups in total. The van der Waals surface area contributed by atoms with Gasteiger partial charge in [0.25, 0.3) is 0 Å². The minimum Gasteiger partial charge on any atom is -0.354 e. The molecule has 0 bridgehead atoms. The van der Waals surface area contributed by atoms with Crippen molar-refractivity contribution in [3.63, 3.8) is 0 Å². The Labute approximate surface area is 118 Å². The lowest BCUT2D eigenvalue weighted by atomic mass is 9.84. The number of carbonyl (C=O) groups is 2. The first-order chi connectivity index (χ1) is 9.25. The largest absolute Gasteiger partial charge is 0.354 e. The fraction of sp³-hybridized carbons (Fsp3) is 0.857. The Kier molecular flexibility index (Phi) is 4.01. The molecule has 0 unspecified atom stereocenters. The number of amides is 2. The predicted octanol–water partition coefficient (Wildman–Crippen LogP) is 1.60. The van der Waals surface area contributed by atoms with Gasteiger partial charge in [0.1, 0.15) is 6.04 Å². The van der Waals surface area contributed by atoms with Gasteiger partial charge in [-0.1, -0.05) is 12.8 Å². The molecule has 1 saturated heterocycles. The number of thioether (sulfide) groups is 1. The van der Waals surface area contributed by atoms with E-state index < -0.39 is 0 Å². The van der Waals surface area contributed by atoms with Crippen LogP contribution in [0.1, 0.15) is 38.5 Å². The van der Waals surface area contributed by atoms with E-state index in [0.717, 1.165) is 31.6 Å². The predicted molar refractivity (Wildman–Crippen MR) is 75.7 cm³/mol. The van der Waals surface area contributed by atoms with Gasteiger partial charge < -0.3 is 10.2 Å². The second-order valence-electron chi connectivity index (χ2n) is 5.99. The molecule has 1 atom stereocenters. The average Bonchev–Trinajstić information content (AvgIpc) is 2.72. The third kappa shape index (κ3) is 2.76. The normalized spacial score (nSPS) is 27.8. The van der Waals surface area contributed by atoms with Crippen LogP contribution in [0.2, 0.25) is 0 Å². The second kappa shape index (κ2) is 5.73. The Bertz CT molecular complexity index is 366. The smallest absolute Gasteiger partial charge is 0.243 e. The average molecular weight is 282 g/mol. The topological polar surface area (TPSA) is 49.4 Å². The molecular weight excluding hydrogens is 260 g/mol. The van der Waals surface area contributed by atoms with Crippen molar-refractivity contribution in [3.05, 3.63) is 0 Å². The van der Waals surface area contributed by atoms with Gasteiger partial charge in [-0.25, -0.2) is 0 Å². The Morgan fingerprint density at radius 3 is 2.47 bits per heavy atom. The molecule has 1 aliphatic heterocycles. The van der Waals surface area contributed by atoms with Crippen molar-refractivity contribution in [2.24, 2.45) is 11.8 Å². The summed E-state index contributed by atoms with van der Waals surface area (Å²) in [6.07, 6.45) is 6.96. The van der Waals surface area contributed by atoms with Crippen LogP contribution in [0.3, 0.4) is 0 Å². The number of nitrogens with zero attached hydrogens (tertiary/aromatic N) is 1. The van der Waals surface area contributed by atoms with Gasteiger partial charge in [-0.05, 0) is 31.6 Å². The number of nitrogens with one attached hydrogen (secondary N) is 1. The maximum absolute atomic E-state index is 12.3. The maximum Gasteiger partial charge on any atom is 0.243 e. The van der Waals surface area contributed by atoms with Crippen molar-refractivity contribution in [3.8, 4) is 0 Å². The third-order valence-corrected chi connectivity index (χ3v) is 5.72. The van der Waals surface area contributed by atoms with Crippen LogP contribution in [0.15, 0.2) is 0 Å². The van der Waals surface area contributed by atoms with Gasteiger partial charge in [-0.3, -0.25) is 9.59 Å². The zero-order valence-electron chi connectivity index (χ0n) is 11.3. The van der Waals surface area contributed by atoms with E-state index in [1.807, 2.05) is 4.90 Å². The molecule has 3 fully saturated rings. The summed E-state index contributed by atoms with van der Waals surface area (Å²) in [4.78, 5) is 26.3. The van der Waals surface area contributed by atoms with Crippen molar-refractivity contribution in [2.45, 2.75) is 44.6 Å². The van der Waals surface area contributed by atoms with E-state index >= 15 is 0 Å². The van der Waals surface area contributed by atoms with Crippen molar-refractivity contribution in [2.75, 3.05) is 18.2 Å². The Morgan fingerprint density at radius 1 is 1.16 bits per heavy atom. The van der Waals surface area contributed by atoms with Crippen LogP contribution in [0.25, 0.3) is 0 Å². The number of rotatable bonds is 4. The summed E-state index contributed by atoms with van der Waals surface area (Å²) in [7, 11) is 0. The maximum atomic E-state index is 12.3. The van der Waals surface area contributed by atoms with Crippen molar-refractivity contribution in [1.82, 2.24) is 10.2 Å². The van der Waals surface area contributed by atoms with E-state index in [2.05, 4.69) is 5.32 Å². The van der Waals surface area contributed by atoms with Gasteiger partial charge in [0.05, 0.1) is 5.88 Å². The number of hydrogen-bond donors (Lipinski definition) is 1. The van der Waals surface area contributed by atoms with E-state index in [1.165, 1.54) is 19.3 Å². The number of hydrogen-bond acceptors (Lipinski definition) is 3. The Balaban J connectivity index is 1.52. The molecule has 0 spiro atoms. The Hall–Kier alpha value is -0.710. The first-order valence-electron chi connectivity index (χ1n) is 7.41. The summed E-state index contributed by atoms with van der Waals surface area (Å²) < 4.78 is 0. The first kappa shape index (κ1) is 13.3. The molecule has 3 rings (SSSR count). The minimum atomic E-state index is -0.224. The summed E-state index contributed by atoms with van der Waals surface area (Å²) in [5.74, 6) is 2.59. The molecule has 5 heteroatoms. The molecule has 0 aromatic heterocycles. The molecule has 2 amide bonds. The lowest BCUT2D eigenvalue weighted by Gasteiger charge is -2.32. The van der Waals surface area contributed by atoms with Crippen LogP contribution in [0, 0.1) is 11.8 Å². The molecule has 1 heterocycles. The van der Waals surface area contributed by atoms with Gasteiger partial charge in [0.15, 0.2) is 0 Å². The summed E-state index contributed by atoms with van der Waals surface area (Å²) in [5.41, 5.74) is 0. The van der Waals surface area contributed by atoms with Crippen LogP contribution < -0.4 is 5.32 Å². The second-order valence-corrected chi connectivity index (χ2v) is 6.99. The van der Waals surface area contributed by atoms with Crippen LogP contribution in [-0.4, -0.2) is 40.9 Å². The quantitative estimate of drug-likeness (QED) is 0.852. The lowest BCUT2D eigenvalue weighted by Crippen LogP contribution is -2.50. The highest BCUT2D eigenvalue weighted by molar-refractivity contribution is 7.99. The van der Waals surface area contributed by atoms with Gasteiger partial charge in [-0.15, -0.1) is 11.8 Å². The highest BCUT2D eigenvalue weighted by Crippen LogP contribution is 2.32. The van der Waals surface area contributed by atoms with E-state index in [9.17, 15) is 9.59 Å². The zero-order valence-corrected chi connectivity index (χ0v) is 12.1. The molecule has 2 aliphatic carbocycles. The van der Waals surface area contributed by atoms with Gasteiger partial charge in [-0.2, -0.15) is 0 Å². The van der Waals surface area contributed by atoms with E-state index in [-0.39, 0.29) is 23.8 Å². The van der Waals surface area contributed by atoms with Crippen molar-refractivity contribution < 1.29 is 9.59 Å². The van der Waals surface area contributed by atoms with Crippen LogP contribution in [-0.2, 0) is 9.59 Å². The third-order valence-electron chi connectivity index (χ3n) is 4.71. The highest BCUT2D eigenvalue weighted by Gasteiger charge is 2.39. The van der Waals surface area contributed by atoms with Gasteiger partial charge in [0, 0.05) is 18.2 Å². The highest BCUT2D eigenvalue weighted by atomic mass is 32.2. The van der Waals surface area contributed by atoms with E-state index in [4.69, 9.17) is 0 Å². The standard InChI is InChI=1S/C14H22N2O2S/c17-13(15-7-10-3-1-4-10)12-8-19-9-16(12)14(18)11-5-2-6-11/h10-12H,1-9H2,(H,15,17)/t12-/m0/s1. The van der Waals surface area contributed by atoms with Crippen LogP contribution in [0.5, 0.6) is 0 Å². The lowest BCUT2D eigenvalue weighted by molar-refractivity contribution is -0.143. The monoisotopic (exact) mass is 282 g/mol. The van der Waals surface area contributed by atoms with Crippen molar-refractivity contribution in [1.29, 1.82) is 0 Å².